The molecule has 1 unspecified atom stereocenters. The molecule has 1 aliphatic heterocycles. The third-order valence-corrected chi connectivity index (χ3v) is 7.85. The zero-order valence-corrected chi connectivity index (χ0v) is 17.8. The van der Waals surface area contributed by atoms with Crippen molar-refractivity contribution < 1.29 is 8.42 Å². The average molecular weight is 420 g/mol. The molecule has 28 heavy (non-hydrogen) atoms. The predicted molar refractivity (Wildman–Crippen MR) is 114 cm³/mol. The van der Waals surface area contributed by atoms with Crippen molar-refractivity contribution in [3.8, 4) is 0 Å². The number of rotatable bonds is 3. The van der Waals surface area contributed by atoms with Gasteiger partial charge in [0.25, 0.3) is 5.56 Å². The number of fused-ring (bicyclic) bond motifs is 1. The van der Waals surface area contributed by atoms with Gasteiger partial charge < -0.3 is 0 Å². The number of hydrogen-bond donors (Lipinski definition) is 1. The van der Waals surface area contributed by atoms with Crippen LogP contribution in [0, 0.1) is 0 Å². The number of sulfone groups is 1. The van der Waals surface area contributed by atoms with E-state index in [9.17, 15) is 13.2 Å². The van der Waals surface area contributed by atoms with Crippen LogP contribution in [-0.4, -0.2) is 29.5 Å². The number of aromatic nitrogens is 2. The maximum Gasteiger partial charge on any atom is 0.271 e. The lowest BCUT2D eigenvalue weighted by atomic mass is 10.1. The topological polar surface area (TPSA) is 84.3 Å². The summed E-state index contributed by atoms with van der Waals surface area (Å²) in [5.41, 5.74) is 1.49. The van der Waals surface area contributed by atoms with E-state index >= 15 is 0 Å². The van der Waals surface area contributed by atoms with Gasteiger partial charge in [-0.05, 0) is 37.5 Å². The number of aromatic amines is 1. The van der Waals surface area contributed by atoms with Crippen molar-refractivity contribution in [1.29, 1.82) is 0 Å². The Morgan fingerprint density at radius 3 is 2.36 bits per heavy atom. The van der Waals surface area contributed by atoms with E-state index in [1.807, 2.05) is 11.6 Å². The fourth-order valence-electron chi connectivity index (χ4n) is 4.11. The third kappa shape index (κ3) is 3.72. The number of hydrogen-bond acceptors (Lipinski definition) is 5. The molecule has 8 heteroatoms. The molecule has 1 N–H and O–H groups in total. The van der Waals surface area contributed by atoms with Gasteiger partial charge in [-0.15, -0.1) is 0 Å². The first-order valence-electron chi connectivity index (χ1n) is 9.71. The predicted octanol–water partition coefficient (Wildman–Crippen LogP) is 4.36. The summed E-state index contributed by atoms with van der Waals surface area (Å²) in [4.78, 5) is 17.9. The van der Waals surface area contributed by atoms with Crippen molar-refractivity contribution >= 4 is 32.5 Å². The molecule has 1 saturated carbocycles. The summed E-state index contributed by atoms with van der Waals surface area (Å²) in [6, 6.07) is 7.12. The van der Waals surface area contributed by atoms with E-state index in [-0.39, 0.29) is 21.7 Å². The highest BCUT2D eigenvalue weighted by molar-refractivity contribution is 8.14. The van der Waals surface area contributed by atoms with Crippen molar-refractivity contribution in [2.75, 3.05) is 6.26 Å². The molecule has 2 aromatic rings. The SMILES string of the molecule is CC1=Nc2c(c(=O)[nH]n2C2CCCCCC2)C(c2ccc(S(C)(=O)=O)cc2)S1. The highest BCUT2D eigenvalue weighted by Gasteiger charge is 2.32. The summed E-state index contributed by atoms with van der Waals surface area (Å²) in [5, 5.41) is 3.78. The molecule has 1 atom stereocenters. The molecule has 0 spiro atoms. The molecule has 1 aliphatic carbocycles. The van der Waals surface area contributed by atoms with Gasteiger partial charge in [-0.25, -0.2) is 13.4 Å². The Hall–Kier alpha value is -1.80. The van der Waals surface area contributed by atoms with E-state index in [4.69, 9.17) is 4.99 Å². The second kappa shape index (κ2) is 7.55. The van der Waals surface area contributed by atoms with E-state index in [2.05, 4.69) is 5.10 Å². The summed E-state index contributed by atoms with van der Waals surface area (Å²) in [6.07, 6.45) is 8.17. The second-order valence-corrected chi connectivity index (χ2v) is 11.0. The molecule has 1 aromatic carbocycles. The number of H-pyrrole nitrogens is 1. The average Bonchev–Trinajstić information content (AvgIpc) is 2.84. The molecule has 6 nitrogen and oxygen atoms in total. The van der Waals surface area contributed by atoms with Crippen LogP contribution in [0.5, 0.6) is 0 Å². The fraction of sp³-hybridized carbons (Fsp3) is 0.500. The number of thioether (sulfide) groups is 1. The molecule has 2 heterocycles. The first-order valence-corrected chi connectivity index (χ1v) is 12.5. The van der Waals surface area contributed by atoms with Gasteiger partial charge in [-0.3, -0.25) is 14.6 Å². The minimum atomic E-state index is -3.25. The first kappa shape index (κ1) is 19.5. The van der Waals surface area contributed by atoms with Crippen LogP contribution in [0.25, 0.3) is 0 Å². The van der Waals surface area contributed by atoms with Crippen molar-refractivity contribution in [1.82, 2.24) is 9.78 Å². The molecule has 2 aliphatic rings. The molecule has 150 valence electrons. The lowest BCUT2D eigenvalue weighted by Gasteiger charge is -2.23. The lowest BCUT2D eigenvalue weighted by Crippen LogP contribution is -2.14. The molecule has 0 bridgehead atoms. The van der Waals surface area contributed by atoms with E-state index in [0.29, 0.717) is 5.56 Å². The molecule has 4 rings (SSSR count). The van der Waals surface area contributed by atoms with Crippen LogP contribution in [0.3, 0.4) is 0 Å². The van der Waals surface area contributed by atoms with Crippen LogP contribution < -0.4 is 5.56 Å². The van der Waals surface area contributed by atoms with Crippen molar-refractivity contribution in [2.45, 2.75) is 61.6 Å². The summed E-state index contributed by atoms with van der Waals surface area (Å²) in [7, 11) is -3.25. The number of nitrogens with one attached hydrogen (secondary N) is 1. The quantitative estimate of drug-likeness (QED) is 0.749. The molecule has 1 aromatic heterocycles. The highest BCUT2D eigenvalue weighted by atomic mass is 32.2. The highest BCUT2D eigenvalue weighted by Crippen LogP contribution is 2.45. The zero-order chi connectivity index (χ0) is 19.9. The maximum absolute atomic E-state index is 12.9. The number of aliphatic imine (C=N–C) groups is 1. The van der Waals surface area contributed by atoms with Gasteiger partial charge in [0, 0.05) is 6.26 Å². The molecule has 1 fully saturated rings. The van der Waals surface area contributed by atoms with Gasteiger partial charge in [0.05, 0.1) is 26.8 Å². The molecule has 0 amide bonds. The fourth-order valence-corrected chi connectivity index (χ4v) is 5.85. The molecule has 0 saturated heterocycles. The van der Waals surface area contributed by atoms with Gasteiger partial charge in [0.2, 0.25) is 0 Å². The minimum Gasteiger partial charge on any atom is -0.268 e. The molecule has 0 radical (unpaired) electrons. The molecular formula is C20H25N3O3S2. The summed E-state index contributed by atoms with van der Waals surface area (Å²) in [5.74, 6) is 0.741. The summed E-state index contributed by atoms with van der Waals surface area (Å²) >= 11 is 1.54. The van der Waals surface area contributed by atoms with Gasteiger partial charge in [0.1, 0.15) is 0 Å². The van der Waals surface area contributed by atoms with E-state index in [0.717, 1.165) is 29.3 Å². The van der Waals surface area contributed by atoms with Crippen LogP contribution in [-0.2, 0) is 9.84 Å². The van der Waals surface area contributed by atoms with E-state index in [1.165, 1.54) is 31.9 Å². The Bertz CT molecular complexity index is 1060. The van der Waals surface area contributed by atoms with Gasteiger partial charge in [-0.1, -0.05) is 49.6 Å². The van der Waals surface area contributed by atoms with E-state index < -0.39 is 9.84 Å². The van der Waals surface area contributed by atoms with Crippen molar-refractivity contribution in [3.05, 3.63) is 45.7 Å². The lowest BCUT2D eigenvalue weighted by molar-refractivity contribution is 0.407. The molecular weight excluding hydrogens is 394 g/mol. The van der Waals surface area contributed by atoms with E-state index in [1.54, 1.807) is 36.0 Å². The Morgan fingerprint density at radius 1 is 1.11 bits per heavy atom. The Labute approximate surface area is 169 Å². The first-order chi connectivity index (χ1) is 13.3. The largest absolute Gasteiger partial charge is 0.271 e. The van der Waals surface area contributed by atoms with Crippen molar-refractivity contribution in [3.63, 3.8) is 0 Å². The van der Waals surface area contributed by atoms with Crippen LogP contribution in [0.15, 0.2) is 38.9 Å². The van der Waals surface area contributed by atoms with Gasteiger partial charge in [-0.2, -0.15) is 0 Å². The van der Waals surface area contributed by atoms with Gasteiger partial charge >= 0.3 is 0 Å². The number of benzene rings is 1. The zero-order valence-electron chi connectivity index (χ0n) is 16.1. The van der Waals surface area contributed by atoms with Crippen LogP contribution in [0.2, 0.25) is 0 Å². The monoisotopic (exact) mass is 419 g/mol. The maximum atomic E-state index is 12.9. The third-order valence-electron chi connectivity index (χ3n) is 5.55. The minimum absolute atomic E-state index is 0.0970. The Morgan fingerprint density at radius 2 is 1.75 bits per heavy atom. The van der Waals surface area contributed by atoms with Crippen LogP contribution >= 0.6 is 11.8 Å². The van der Waals surface area contributed by atoms with Crippen LogP contribution in [0.4, 0.5) is 5.82 Å². The standard InChI is InChI=1S/C20H25N3O3S2/c1-13-21-19-17(20(24)22-23(19)15-7-5-3-4-6-8-15)18(27-13)14-9-11-16(12-10-14)28(2,25)26/h9-12,15,18H,3-8H2,1-2H3,(H,22,24). The van der Waals surface area contributed by atoms with Crippen LogP contribution in [0.1, 0.15) is 67.9 Å². The Balaban J connectivity index is 1.76. The second-order valence-electron chi connectivity index (χ2n) is 7.66. The smallest absolute Gasteiger partial charge is 0.268 e. The Kier molecular flexibility index (Phi) is 5.26. The van der Waals surface area contributed by atoms with Gasteiger partial charge in [0.15, 0.2) is 15.7 Å². The summed E-state index contributed by atoms with van der Waals surface area (Å²) < 4.78 is 25.5. The van der Waals surface area contributed by atoms with Crippen molar-refractivity contribution in [2.24, 2.45) is 4.99 Å². The summed E-state index contributed by atoms with van der Waals surface area (Å²) in [6.45, 7) is 1.96. The number of nitrogens with zero attached hydrogens (tertiary/aromatic N) is 2. The normalized spacial score (nSPS) is 21.1.